The summed E-state index contributed by atoms with van der Waals surface area (Å²) in [5, 5.41) is 3.14. The van der Waals surface area contributed by atoms with Crippen molar-refractivity contribution in [2.45, 2.75) is 68.7 Å². The first-order chi connectivity index (χ1) is 16.4. The van der Waals surface area contributed by atoms with Crippen molar-refractivity contribution >= 4 is 21.6 Å². The largest absolute Gasteiger partial charge is 0.326 e. The van der Waals surface area contributed by atoms with Gasteiger partial charge in [0, 0.05) is 24.6 Å². The summed E-state index contributed by atoms with van der Waals surface area (Å²) >= 11 is 0. The lowest BCUT2D eigenvalue weighted by Crippen LogP contribution is -2.51. The molecule has 4 aliphatic carbocycles. The summed E-state index contributed by atoms with van der Waals surface area (Å²) in [5.41, 5.74) is 1.40. The minimum atomic E-state index is -3.65. The van der Waals surface area contributed by atoms with Gasteiger partial charge >= 0.3 is 0 Å². The number of rotatable bonds is 5. The molecular weight excluding hydrogens is 446 g/mol. The molecule has 1 aromatic heterocycles. The van der Waals surface area contributed by atoms with Crippen LogP contribution in [0.2, 0.25) is 0 Å². The lowest BCUT2D eigenvalue weighted by Gasteiger charge is -2.55. The van der Waals surface area contributed by atoms with Gasteiger partial charge in [-0.25, -0.2) is 8.42 Å². The van der Waals surface area contributed by atoms with Crippen LogP contribution in [0.1, 0.15) is 69.4 Å². The third-order valence-corrected chi connectivity index (χ3v) is 10.7. The molecule has 2 heterocycles. The summed E-state index contributed by atoms with van der Waals surface area (Å²) in [4.78, 5) is 17.8. The van der Waals surface area contributed by atoms with Gasteiger partial charge in [-0.3, -0.25) is 9.78 Å². The second kappa shape index (κ2) is 8.45. The van der Waals surface area contributed by atoms with Crippen LogP contribution < -0.4 is 5.32 Å². The molecule has 0 radical (unpaired) electrons. The van der Waals surface area contributed by atoms with E-state index < -0.39 is 10.0 Å². The standard InChI is InChI=1S/C27H33N3O3S/c31-26(27-15-19-12-20(16-27)14-21(13-19)17-27)29-23-6-8-24(9-7-23)34(32,33)30-11-2-1-5-25(30)22-4-3-10-28-18-22/h3-4,6-10,18-21,25H,1-2,5,11-17H2,(H,29,31). The first kappa shape index (κ1) is 22.2. The van der Waals surface area contributed by atoms with E-state index in [1.807, 2.05) is 12.1 Å². The van der Waals surface area contributed by atoms with Gasteiger partial charge < -0.3 is 5.32 Å². The smallest absolute Gasteiger partial charge is 0.243 e. The molecule has 7 rings (SSSR count). The molecule has 5 fully saturated rings. The summed E-state index contributed by atoms with van der Waals surface area (Å²) in [6.45, 7) is 0.506. The molecule has 4 saturated carbocycles. The Kier molecular flexibility index (Phi) is 5.52. The van der Waals surface area contributed by atoms with Gasteiger partial charge in [0.15, 0.2) is 0 Å². The number of pyridine rings is 1. The Morgan fingerprint density at radius 3 is 2.26 bits per heavy atom. The molecule has 4 bridgehead atoms. The van der Waals surface area contributed by atoms with Crippen LogP contribution in [-0.2, 0) is 14.8 Å². The van der Waals surface area contributed by atoms with Crippen molar-refractivity contribution in [3.63, 3.8) is 0 Å². The average Bonchev–Trinajstić information content (AvgIpc) is 2.84. The topological polar surface area (TPSA) is 79.4 Å². The van der Waals surface area contributed by atoms with E-state index in [0.29, 0.717) is 30.0 Å². The third kappa shape index (κ3) is 3.87. The second-order valence-electron chi connectivity index (χ2n) is 11.1. The van der Waals surface area contributed by atoms with Crippen LogP contribution in [0.5, 0.6) is 0 Å². The Bertz CT molecular complexity index is 1130. The van der Waals surface area contributed by atoms with E-state index in [9.17, 15) is 13.2 Å². The molecule has 180 valence electrons. The fourth-order valence-electron chi connectivity index (χ4n) is 7.60. The highest BCUT2D eigenvalue weighted by molar-refractivity contribution is 7.89. The molecule has 1 saturated heterocycles. The predicted molar refractivity (Wildman–Crippen MR) is 130 cm³/mol. The molecular formula is C27H33N3O3S. The summed E-state index contributed by atoms with van der Waals surface area (Å²) in [6.07, 6.45) is 13.1. The van der Waals surface area contributed by atoms with Gasteiger partial charge in [-0.2, -0.15) is 4.31 Å². The Labute approximate surface area is 202 Å². The maximum atomic E-state index is 13.6. The number of anilines is 1. The van der Waals surface area contributed by atoms with Crippen LogP contribution in [-0.4, -0.2) is 30.2 Å². The van der Waals surface area contributed by atoms with Crippen molar-refractivity contribution < 1.29 is 13.2 Å². The molecule has 7 heteroatoms. The average molecular weight is 480 g/mol. The molecule has 5 aliphatic rings. The van der Waals surface area contributed by atoms with Crippen LogP contribution in [0, 0.1) is 23.2 Å². The number of nitrogens with one attached hydrogen (secondary N) is 1. The maximum absolute atomic E-state index is 13.6. The third-order valence-electron chi connectivity index (χ3n) is 8.76. The molecule has 1 N–H and O–H groups in total. The Morgan fingerprint density at radius 1 is 0.971 bits per heavy atom. The fraction of sp³-hybridized carbons (Fsp3) is 0.556. The quantitative estimate of drug-likeness (QED) is 0.643. The van der Waals surface area contributed by atoms with Crippen molar-refractivity contribution in [2.24, 2.45) is 23.2 Å². The SMILES string of the molecule is O=C(Nc1ccc(S(=O)(=O)N2CCCCC2c2cccnc2)cc1)C12CC3CC(CC(C3)C1)C2. The van der Waals surface area contributed by atoms with E-state index in [2.05, 4.69) is 10.3 Å². The van der Waals surface area contributed by atoms with Gasteiger partial charge in [-0.05, 0) is 105 Å². The van der Waals surface area contributed by atoms with E-state index in [1.165, 1.54) is 19.3 Å². The second-order valence-corrected chi connectivity index (χ2v) is 13.0. The zero-order valence-corrected chi connectivity index (χ0v) is 20.3. The van der Waals surface area contributed by atoms with E-state index in [-0.39, 0.29) is 22.3 Å². The Balaban J connectivity index is 1.19. The van der Waals surface area contributed by atoms with Crippen LogP contribution in [0.4, 0.5) is 5.69 Å². The molecule has 1 aromatic carbocycles. The van der Waals surface area contributed by atoms with Crippen LogP contribution in [0.15, 0.2) is 53.7 Å². The highest BCUT2D eigenvalue weighted by atomic mass is 32.2. The highest BCUT2D eigenvalue weighted by Gasteiger charge is 2.54. The molecule has 0 spiro atoms. The number of piperidine rings is 1. The number of sulfonamides is 1. The summed E-state index contributed by atoms with van der Waals surface area (Å²) in [5.74, 6) is 2.26. The number of carbonyl (C=O) groups excluding carboxylic acids is 1. The number of nitrogens with zero attached hydrogens (tertiary/aromatic N) is 2. The number of hydrogen-bond donors (Lipinski definition) is 1. The molecule has 34 heavy (non-hydrogen) atoms. The Morgan fingerprint density at radius 2 is 1.65 bits per heavy atom. The number of benzene rings is 1. The van der Waals surface area contributed by atoms with Gasteiger partial charge in [0.1, 0.15) is 0 Å². The molecule has 1 amide bonds. The van der Waals surface area contributed by atoms with Gasteiger partial charge in [0.2, 0.25) is 15.9 Å². The number of aromatic nitrogens is 1. The van der Waals surface area contributed by atoms with Crippen LogP contribution in [0.25, 0.3) is 0 Å². The normalized spacial score (nSPS) is 33.1. The number of hydrogen-bond acceptors (Lipinski definition) is 4. The van der Waals surface area contributed by atoms with Crippen LogP contribution in [0.3, 0.4) is 0 Å². The van der Waals surface area contributed by atoms with Gasteiger partial charge in [0.05, 0.1) is 16.4 Å². The van der Waals surface area contributed by atoms with Crippen molar-refractivity contribution in [1.82, 2.24) is 9.29 Å². The van der Waals surface area contributed by atoms with E-state index in [1.54, 1.807) is 41.0 Å². The predicted octanol–water partition coefficient (Wildman–Crippen LogP) is 5.15. The van der Waals surface area contributed by atoms with E-state index in [0.717, 1.165) is 44.1 Å². The summed E-state index contributed by atoms with van der Waals surface area (Å²) in [7, 11) is -3.65. The van der Waals surface area contributed by atoms with Gasteiger partial charge in [0.25, 0.3) is 0 Å². The molecule has 1 aliphatic heterocycles. The van der Waals surface area contributed by atoms with Crippen molar-refractivity contribution in [3.05, 3.63) is 54.4 Å². The van der Waals surface area contributed by atoms with Gasteiger partial charge in [-0.1, -0.05) is 12.5 Å². The van der Waals surface area contributed by atoms with Crippen molar-refractivity contribution in [1.29, 1.82) is 0 Å². The van der Waals surface area contributed by atoms with Crippen molar-refractivity contribution in [3.8, 4) is 0 Å². The first-order valence-electron chi connectivity index (χ1n) is 12.8. The molecule has 1 atom stereocenters. The zero-order valence-electron chi connectivity index (χ0n) is 19.5. The lowest BCUT2D eigenvalue weighted by molar-refractivity contribution is -0.140. The highest BCUT2D eigenvalue weighted by Crippen LogP contribution is 2.60. The lowest BCUT2D eigenvalue weighted by atomic mass is 9.49. The minimum Gasteiger partial charge on any atom is -0.326 e. The fourth-order valence-corrected chi connectivity index (χ4v) is 9.28. The molecule has 1 unspecified atom stereocenters. The summed E-state index contributed by atoms with van der Waals surface area (Å²) < 4.78 is 28.7. The first-order valence-corrected chi connectivity index (χ1v) is 14.2. The minimum absolute atomic E-state index is 0.134. The zero-order chi connectivity index (χ0) is 23.3. The van der Waals surface area contributed by atoms with Gasteiger partial charge in [-0.15, -0.1) is 0 Å². The summed E-state index contributed by atoms with van der Waals surface area (Å²) in [6, 6.07) is 10.4. The monoisotopic (exact) mass is 479 g/mol. The van der Waals surface area contributed by atoms with E-state index >= 15 is 0 Å². The molecule has 6 nitrogen and oxygen atoms in total. The molecule has 2 aromatic rings. The number of carbonyl (C=O) groups is 1. The maximum Gasteiger partial charge on any atom is 0.243 e. The van der Waals surface area contributed by atoms with Crippen molar-refractivity contribution in [2.75, 3.05) is 11.9 Å². The van der Waals surface area contributed by atoms with E-state index in [4.69, 9.17) is 0 Å². The Hall–Kier alpha value is -2.25. The number of amides is 1. The van der Waals surface area contributed by atoms with Crippen LogP contribution >= 0.6 is 0 Å².